The summed E-state index contributed by atoms with van der Waals surface area (Å²) in [6, 6.07) is 8.43. The van der Waals surface area contributed by atoms with Crippen LogP contribution in [0, 0.1) is 10.1 Å². The van der Waals surface area contributed by atoms with Crippen LogP contribution >= 0.6 is 23.2 Å². The molecule has 0 aliphatic rings. The number of nitrogens with zero attached hydrogens (tertiary/aromatic N) is 3. The van der Waals surface area contributed by atoms with Crippen molar-refractivity contribution in [1.29, 1.82) is 0 Å². The number of benzene rings is 2. The van der Waals surface area contributed by atoms with Crippen molar-refractivity contribution in [3.05, 3.63) is 62.1 Å². The van der Waals surface area contributed by atoms with Gasteiger partial charge in [0.15, 0.2) is 0 Å². The maximum atomic E-state index is 12.6. The Morgan fingerprint density at radius 2 is 1.86 bits per heavy atom. The molecule has 28 heavy (non-hydrogen) atoms. The van der Waals surface area contributed by atoms with Gasteiger partial charge in [-0.05, 0) is 24.3 Å². The van der Waals surface area contributed by atoms with Gasteiger partial charge in [-0.15, -0.1) is 0 Å². The molecular weight excluding hydrogens is 427 g/mol. The van der Waals surface area contributed by atoms with Crippen molar-refractivity contribution in [2.45, 2.75) is 18.7 Å². The minimum Gasteiger partial charge on any atom is -0.272 e. The lowest BCUT2D eigenvalue weighted by Gasteiger charge is -2.18. The zero-order valence-electron chi connectivity index (χ0n) is 15.1. The minimum atomic E-state index is -3.81. The molecule has 0 aromatic heterocycles. The van der Waals surface area contributed by atoms with E-state index in [-0.39, 0.29) is 23.7 Å². The van der Waals surface area contributed by atoms with Crippen molar-refractivity contribution in [3.63, 3.8) is 0 Å². The van der Waals surface area contributed by atoms with Gasteiger partial charge in [-0.25, -0.2) is 8.42 Å². The van der Waals surface area contributed by atoms with E-state index in [9.17, 15) is 18.5 Å². The number of nitro benzene ring substituents is 1. The van der Waals surface area contributed by atoms with Crippen molar-refractivity contribution < 1.29 is 13.3 Å². The van der Waals surface area contributed by atoms with Gasteiger partial charge in [-0.3, -0.25) is 15.5 Å². The Labute approximate surface area is 173 Å². The van der Waals surface area contributed by atoms with Crippen molar-refractivity contribution in [2.75, 3.05) is 18.5 Å². The highest BCUT2D eigenvalue weighted by molar-refractivity contribution is 7.89. The normalized spacial score (nSPS) is 11.9. The third-order valence-electron chi connectivity index (χ3n) is 3.86. The van der Waals surface area contributed by atoms with Gasteiger partial charge in [0.1, 0.15) is 5.69 Å². The zero-order chi connectivity index (χ0) is 20.9. The molecule has 0 aliphatic carbocycles. The monoisotopic (exact) mass is 444 g/mol. The van der Waals surface area contributed by atoms with Gasteiger partial charge in [-0.2, -0.15) is 9.41 Å². The van der Waals surface area contributed by atoms with E-state index in [2.05, 4.69) is 10.5 Å². The van der Waals surface area contributed by atoms with Crippen LogP contribution in [-0.4, -0.2) is 37.0 Å². The third kappa shape index (κ3) is 4.99. The molecule has 2 aromatic carbocycles. The molecule has 0 fully saturated rings. The van der Waals surface area contributed by atoms with Gasteiger partial charge in [0.25, 0.3) is 5.69 Å². The largest absolute Gasteiger partial charge is 0.295 e. The van der Waals surface area contributed by atoms with E-state index in [4.69, 9.17) is 23.2 Å². The first-order valence-electron chi connectivity index (χ1n) is 8.23. The first kappa shape index (κ1) is 22.1. The predicted molar refractivity (Wildman–Crippen MR) is 111 cm³/mol. The van der Waals surface area contributed by atoms with E-state index in [1.54, 1.807) is 32.0 Å². The Bertz CT molecular complexity index is 1010. The first-order valence-corrected chi connectivity index (χ1v) is 10.4. The Morgan fingerprint density at radius 1 is 1.18 bits per heavy atom. The van der Waals surface area contributed by atoms with Crippen LogP contribution in [0.2, 0.25) is 10.0 Å². The summed E-state index contributed by atoms with van der Waals surface area (Å²) in [7, 11) is -3.81. The Balaban J connectivity index is 2.33. The van der Waals surface area contributed by atoms with Crippen LogP contribution in [0.15, 0.2) is 46.4 Å². The maximum absolute atomic E-state index is 12.6. The highest BCUT2D eigenvalue weighted by atomic mass is 35.5. The van der Waals surface area contributed by atoms with Crippen molar-refractivity contribution >= 4 is 50.8 Å². The van der Waals surface area contributed by atoms with Crippen molar-refractivity contribution in [1.82, 2.24) is 4.31 Å². The summed E-state index contributed by atoms with van der Waals surface area (Å²) >= 11 is 11.9. The van der Waals surface area contributed by atoms with E-state index in [0.717, 1.165) is 6.07 Å². The molecule has 0 amide bonds. The van der Waals surface area contributed by atoms with Crippen molar-refractivity contribution in [2.24, 2.45) is 5.10 Å². The highest BCUT2D eigenvalue weighted by Crippen LogP contribution is 2.29. The summed E-state index contributed by atoms with van der Waals surface area (Å²) in [5, 5.41) is 16.2. The molecule has 0 unspecified atom stereocenters. The van der Waals surface area contributed by atoms with Crippen LogP contribution in [0.4, 0.5) is 11.4 Å². The van der Waals surface area contributed by atoms with Crippen LogP contribution in [0.3, 0.4) is 0 Å². The number of halogens is 2. The molecule has 150 valence electrons. The summed E-state index contributed by atoms with van der Waals surface area (Å²) in [4.78, 5) is 10.6. The third-order valence-corrected chi connectivity index (χ3v) is 6.47. The number of hydrogen-bond acceptors (Lipinski definition) is 6. The van der Waals surface area contributed by atoms with Crippen molar-refractivity contribution in [3.8, 4) is 0 Å². The number of sulfonamides is 1. The molecule has 0 heterocycles. The summed E-state index contributed by atoms with van der Waals surface area (Å²) in [5.41, 5.74) is 2.74. The summed E-state index contributed by atoms with van der Waals surface area (Å²) < 4.78 is 26.4. The molecule has 0 spiro atoms. The zero-order valence-corrected chi connectivity index (χ0v) is 17.4. The number of nitro groups is 1. The lowest BCUT2D eigenvalue weighted by Crippen LogP contribution is -2.30. The van der Waals surface area contributed by atoms with Crippen LogP contribution in [0.1, 0.15) is 19.4 Å². The van der Waals surface area contributed by atoms with Gasteiger partial charge in [0.05, 0.1) is 21.1 Å². The molecule has 2 aromatic rings. The predicted octanol–water partition coefficient (Wildman–Crippen LogP) is 4.38. The molecule has 0 saturated carbocycles. The van der Waals surface area contributed by atoms with E-state index in [1.807, 2.05) is 0 Å². The SMILES string of the molecule is CCN(CC)S(=O)(=O)c1ccc(NN=Cc2ccc(Cl)cc2Cl)c([N+](=O)[O-])c1. The van der Waals surface area contributed by atoms with Gasteiger partial charge in [0, 0.05) is 29.7 Å². The molecule has 0 bridgehead atoms. The fourth-order valence-electron chi connectivity index (χ4n) is 2.41. The minimum absolute atomic E-state index is 0.0461. The molecule has 1 N–H and O–H groups in total. The quantitative estimate of drug-likeness (QED) is 0.369. The van der Waals surface area contributed by atoms with E-state index in [1.165, 1.54) is 22.7 Å². The number of rotatable bonds is 8. The standard InChI is InChI=1S/C17H18Cl2N4O4S/c1-3-22(4-2)28(26,27)14-7-8-16(17(10-14)23(24)25)21-20-11-12-5-6-13(18)9-15(12)19/h5-11,21H,3-4H2,1-2H3. The molecule has 2 rings (SSSR count). The van der Waals surface area contributed by atoms with Gasteiger partial charge >= 0.3 is 0 Å². The second kappa shape index (κ2) is 9.33. The number of hydrogen-bond donors (Lipinski definition) is 1. The lowest BCUT2D eigenvalue weighted by molar-refractivity contribution is -0.384. The molecule has 11 heteroatoms. The Morgan fingerprint density at radius 3 is 2.43 bits per heavy atom. The average Bonchev–Trinajstić information content (AvgIpc) is 2.64. The highest BCUT2D eigenvalue weighted by Gasteiger charge is 2.25. The second-order valence-corrected chi connectivity index (χ2v) is 8.34. The molecule has 8 nitrogen and oxygen atoms in total. The molecule has 0 aliphatic heterocycles. The number of anilines is 1. The van der Waals surface area contributed by atoms with E-state index < -0.39 is 20.6 Å². The van der Waals surface area contributed by atoms with Gasteiger partial charge < -0.3 is 0 Å². The Kier molecular flexibility index (Phi) is 7.36. The van der Waals surface area contributed by atoms with E-state index >= 15 is 0 Å². The summed E-state index contributed by atoms with van der Waals surface area (Å²) in [6.07, 6.45) is 1.38. The average molecular weight is 445 g/mol. The van der Waals surface area contributed by atoms with Crippen LogP contribution in [-0.2, 0) is 10.0 Å². The van der Waals surface area contributed by atoms with Crippen LogP contribution < -0.4 is 5.43 Å². The fourth-order valence-corrected chi connectivity index (χ4v) is 4.34. The fraction of sp³-hybridized carbons (Fsp3) is 0.235. The topological polar surface area (TPSA) is 105 Å². The smallest absolute Gasteiger partial charge is 0.272 e. The first-order chi connectivity index (χ1) is 13.2. The molecule has 0 atom stereocenters. The number of nitrogens with one attached hydrogen (secondary N) is 1. The molecule has 0 saturated heterocycles. The summed E-state index contributed by atoms with van der Waals surface area (Å²) in [5.74, 6) is 0. The van der Waals surface area contributed by atoms with Crippen LogP contribution in [0.5, 0.6) is 0 Å². The van der Waals surface area contributed by atoms with E-state index in [0.29, 0.717) is 15.6 Å². The van der Waals surface area contributed by atoms with Crippen LogP contribution in [0.25, 0.3) is 0 Å². The maximum Gasteiger partial charge on any atom is 0.295 e. The molecule has 0 radical (unpaired) electrons. The number of hydrazone groups is 1. The lowest BCUT2D eigenvalue weighted by atomic mass is 10.2. The Hall–Kier alpha value is -2.20. The van der Waals surface area contributed by atoms with Gasteiger partial charge in [-0.1, -0.05) is 43.1 Å². The summed E-state index contributed by atoms with van der Waals surface area (Å²) in [6.45, 7) is 3.92. The van der Waals surface area contributed by atoms with Gasteiger partial charge in [0.2, 0.25) is 10.0 Å². The second-order valence-electron chi connectivity index (χ2n) is 5.56. The molecular formula is C17H18Cl2N4O4S.